The summed E-state index contributed by atoms with van der Waals surface area (Å²) in [6.45, 7) is 4.15. The maximum absolute atomic E-state index is 12.4. The Labute approximate surface area is 132 Å². The lowest BCUT2D eigenvalue weighted by atomic mass is 9.87. The van der Waals surface area contributed by atoms with Gasteiger partial charge in [-0.15, -0.1) is 0 Å². The van der Waals surface area contributed by atoms with Crippen molar-refractivity contribution in [2.75, 3.05) is 0 Å². The highest BCUT2D eigenvalue weighted by molar-refractivity contribution is 5.79. The molecule has 2 aromatic rings. The second kappa shape index (κ2) is 6.35. The molecule has 22 heavy (non-hydrogen) atoms. The third kappa shape index (κ3) is 3.22. The smallest absolute Gasteiger partial charge is 0.224 e. The summed E-state index contributed by atoms with van der Waals surface area (Å²) in [5.41, 5.74) is 6.22. The molecule has 0 fully saturated rings. The van der Waals surface area contributed by atoms with E-state index in [-0.39, 0.29) is 11.9 Å². The van der Waals surface area contributed by atoms with Gasteiger partial charge in [0.05, 0.1) is 12.5 Å². The lowest BCUT2D eigenvalue weighted by Gasteiger charge is -2.26. The first-order valence-electron chi connectivity index (χ1n) is 8.07. The van der Waals surface area contributed by atoms with Gasteiger partial charge in [-0.3, -0.25) is 4.79 Å². The first kappa shape index (κ1) is 14.8. The van der Waals surface area contributed by atoms with E-state index in [1.807, 2.05) is 0 Å². The van der Waals surface area contributed by atoms with Gasteiger partial charge in [-0.1, -0.05) is 48.0 Å². The minimum Gasteiger partial charge on any atom is -0.349 e. The number of rotatable bonds is 3. The normalized spacial score (nSPS) is 16.9. The summed E-state index contributed by atoms with van der Waals surface area (Å²) >= 11 is 0. The second-order valence-corrected chi connectivity index (χ2v) is 6.32. The van der Waals surface area contributed by atoms with E-state index in [9.17, 15) is 4.79 Å². The lowest BCUT2D eigenvalue weighted by molar-refractivity contribution is -0.121. The van der Waals surface area contributed by atoms with Gasteiger partial charge in [-0.05, 0) is 55.4 Å². The Morgan fingerprint density at radius 2 is 2.00 bits per heavy atom. The molecule has 1 aliphatic carbocycles. The summed E-state index contributed by atoms with van der Waals surface area (Å²) in [6, 6.07) is 14.9. The first-order valence-corrected chi connectivity index (χ1v) is 8.07. The maximum atomic E-state index is 12.4. The molecule has 2 nitrogen and oxygen atoms in total. The third-order valence-corrected chi connectivity index (χ3v) is 4.55. The van der Waals surface area contributed by atoms with Crippen LogP contribution < -0.4 is 5.32 Å². The fourth-order valence-electron chi connectivity index (χ4n) is 3.37. The van der Waals surface area contributed by atoms with Crippen LogP contribution in [0.2, 0.25) is 0 Å². The monoisotopic (exact) mass is 293 g/mol. The molecule has 0 aliphatic heterocycles. The fraction of sp³-hybridized carbons (Fsp3) is 0.350. The summed E-state index contributed by atoms with van der Waals surface area (Å²) in [4.78, 5) is 12.4. The molecule has 1 atom stereocenters. The summed E-state index contributed by atoms with van der Waals surface area (Å²) < 4.78 is 0. The van der Waals surface area contributed by atoms with Crippen LogP contribution in [-0.4, -0.2) is 5.91 Å². The molecular weight excluding hydrogens is 270 g/mol. The van der Waals surface area contributed by atoms with Crippen molar-refractivity contribution in [1.82, 2.24) is 5.32 Å². The van der Waals surface area contributed by atoms with E-state index >= 15 is 0 Å². The molecule has 0 spiro atoms. The zero-order valence-corrected chi connectivity index (χ0v) is 13.4. The van der Waals surface area contributed by atoms with Crippen LogP contribution in [0.25, 0.3) is 0 Å². The molecule has 114 valence electrons. The van der Waals surface area contributed by atoms with Crippen LogP contribution in [0, 0.1) is 13.8 Å². The molecule has 0 heterocycles. The summed E-state index contributed by atoms with van der Waals surface area (Å²) in [5.74, 6) is 0.119. The molecular formula is C20H23NO. The minimum absolute atomic E-state index is 0.119. The molecule has 3 rings (SSSR count). The third-order valence-electron chi connectivity index (χ3n) is 4.55. The summed E-state index contributed by atoms with van der Waals surface area (Å²) in [5, 5.41) is 3.23. The van der Waals surface area contributed by atoms with Crippen LogP contribution >= 0.6 is 0 Å². The van der Waals surface area contributed by atoms with Gasteiger partial charge in [0.1, 0.15) is 0 Å². The van der Waals surface area contributed by atoms with E-state index in [1.165, 1.54) is 22.3 Å². The number of nitrogens with one attached hydrogen (secondary N) is 1. The number of hydrogen-bond acceptors (Lipinski definition) is 1. The molecule has 1 amide bonds. The zero-order valence-electron chi connectivity index (χ0n) is 13.4. The Morgan fingerprint density at radius 1 is 1.18 bits per heavy atom. The van der Waals surface area contributed by atoms with E-state index < -0.39 is 0 Å². The van der Waals surface area contributed by atoms with Gasteiger partial charge in [0.25, 0.3) is 0 Å². The number of amides is 1. The predicted octanol–water partition coefficient (Wildman–Crippen LogP) is 4.04. The quantitative estimate of drug-likeness (QED) is 0.909. The highest BCUT2D eigenvalue weighted by Crippen LogP contribution is 2.29. The SMILES string of the molecule is Cc1ccc(CC(=O)NC2CCCc3ccccc32)c(C)c1. The number of aryl methyl sites for hydroxylation is 3. The van der Waals surface area contributed by atoms with Gasteiger partial charge < -0.3 is 5.32 Å². The molecule has 1 aliphatic rings. The lowest BCUT2D eigenvalue weighted by Crippen LogP contribution is -2.32. The standard InChI is InChI=1S/C20H23NO/c1-14-10-11-17(15(2)12-14)13-20(22)21-19-9-5-7-16-6-3-4-8-18(16)19/h3-4,6,8,10-12,19H,5,7,9,13H2,1-2H3,(H,21,22). The van der Waals surface area contributed by atoms with Crippen LogP contribution in [0.5, 0.6) is 0 Å². The van der Waals surface area contributed by atoms with Crippen molar-refractivity contribution in [3.63, 3.8) is 0 Å². The van der Waals surface area contributed by atoms with Gasteiger partial charge >= 0.3 is 0 Å². The highest BCUT2D eigenvalue weighted by Gasteiger charge is 2.21. The molecule has 2 aromatic carbocycles. The number of carbonyl (C=O) groups excluding carboxylic acids is 1. The molecule has 0 saturated carbocycles. The van der Waals surface area contributed by atoms with E-state index in [4.69, 9.17) is 0 Å². The Balaban J connectivity index is 1.70. The van der Waals surface area contributed by atoms with E-state index in [0.717, 1.165) is 24.8 Å². The molecule has 0 saturated heterocycles. The maximum Gasteiger partial charge on any atom is 0.224 e. The molecule has 0 radical (unpaired) electrons. The van der Waals surface area contributed by atoms with Crippen LogP contribution in [-0.2, 0) is 17.6 Å². The number of benzene rings is 2. The minimum atomic E-state index is 0.119. The van der Waals surface area contributed by atoms with Crippen LogP contribution in [0.3, 0.4) is 0 Å². The van der Waals surface area contributed by atoms with Gasteiger partial charge in [0.15, 0.2) is 0 Å². The van der Waals surface area contributed by atoms with Crippen LogP contribution in [0.15, 0.2) is 42.5 Å². The van der Waals surface area contributed by atoms with Crippen molar-refractivity contribution in [3.05, 3.63) is 70.3 Å². The summed E-state index contributed by atoms with van der Waals surface area (Å²) in [6.07, 6.45) is 3.77. The van der Waals surface area contributed by atoms with E-state index in [1.54, 1.807) is 0 Å². The van der Waals surface area contributed by atoms with Crippen molar-refractivity contribution in [2.24, 2.45) is 0 Å². The van der Waals surface area contributed by atoms with Gasteiger partial charge in [-0.25, -0.2) is 0 Å². The Morgan fingerprint density at radius 3 is 2.82 bits per heavy atom. The molecule has 0 aromatic heterocycles. The largest absolute Gasteiger partial charge is 0.349 e. The molecule has 0 bridgehead atoms. The Bertz CT molecular complexity index is 690. The number of fused-ring (bicyclic) bond motifs is 1. The molecule has 2 heteroatoms. The van der Waals surface area contributed by atoms with Gasteiger partial charge in [-0.2, -0.15) is 0 Å². The van der Waals surface area contributed by atoms with E-state index in [0.29, 0.717) is 6.42 Å². The first-order chi connectivity index (χ1) is 10.6. The average Bonchev–Trinajstić information content (AvgIpc) is 2.50. The number of carbonyl (C=O) groups is 1. The zero-order chi connectivity index (χ0) is 15.5. The van der Waals surface area contributed by atoms with E-state index in [2.05, 4.69) is 61.6 Å². The van der Waals surface area contributed by atoms with Crippen LogP contribution in [0.1, 0.15) is 46.7 Å². The Kier molecular flexibility index (Phi) is 4.28. The molecule has 1 N–H and O–H groups in total. The number of hydrogen-bond donors (Lipinski definition) is 1. The van der Waals surface area contributed by atoms with Crippen molar-refractivity contribution < 1.29 is 4.79 Å². The van der Waals surface area contributed by atoms with Crippen molar-refractivity contribution in [3.8, 4) is 0 Å². The fourth-order valence-corrected chi connectivity index (χ4v) is 3.37. The topological polar surface area (TPSA) is 29.1 Å². The second-order valence-electron chi connectivity index (χ2n) is 6.32. The van der Waals surface area contributed by atoms with Crippen molar-refractivity contribution in [2.45, 2.75) is 45.6 Å². The summed E-state index contributed by atoms with van der Waals surface area (Å²) in [7, 11) is 0. The van der Waals surface area contributed by atoms with Crippen molar-refractivity contribution in [1.29, 1.82) is 0 Å². The highest BCUT2D eigenvalue weighted by atomic mass is 16.1. The van der Waals surface area contributed by atoms with Crippen LogP contribution in [0.4, 0.5) is 0 Å². The Hall–Kier alpha value is -2.09. The van der Waals surface area contributed by atoms with Crippen molar-refractivity contribution >= 4 is 5.91 Å². The molecule has 1 unspecified atom stereocenters. The van der Waals surface area contributed by atoms with Gasteiger partial charge in [0.2, 0.25) is 5.91 Å². The van der Waals surface area contributed by atoms with Gasteiger partial charge in [0, 0.05) is 0 Å². The predicted molar refractivity (Wildman–Crippen MR) is 89.9 cm³/mol. The average molecular weight is 293 g/mol.